The van der Waals surface area contributed by atoms with Crippen LogP contribution in [0.3, 0.4) is 0 Å². The minimum atomic E-state index is 1.01. The average molecular weight is 277 g/mol. The molecular formula is C18H19N3. The van der Waals surface area contributed by atoms with Gasteiger partial charge in [0.25, 0.3) is 0 Å². The Kier molecular flexibility index (Phi) is 3.11. The van der Waals surface area contributed by atoms with Crippen molar-refractivity contribution in [1.29, 1.82) is 0 Å². The molecule has 4 rings (SSSR count). The molecule has 0 aromatic heterocycles. The van der Waals surface area contributed by atoms with Crippen molar-refractivity contribution in [3.8, 4) is 0 Å². The molecule has 0 fully saturated rings. The summed E-state index contributed by atoms with van der Waals surface area (Å²) in [6.07, 6.45) is 3.47. The molecule has 3 nitrogen and oxygen atoms in total. The fraction of sp³-hybridized carbons (Fsp3) is 0.278. The molecule has 0 atom stereocenters. The van der Waals surface area contributed by atoms with Crippen molar-refractivity contribution in [2.75, 3.05) is 23.4 Å². The maximum absolute atomic E-state index is 4.67. The lowest BCUT2D eigenvalue weighted by molar-refractivity contribution is 0.688. The molecule has 0 aliphatic carbocycles. The number of para-hydroxylation sites is 2. The summed E-state index contributed by atoms with van der Waals surface area (Å²) in [5.41, 5.74) is 9.61. The van der Waals surface area contributed by atoms with Crippen molar-refractivity contribution in [2.24, 2.45) is 5.10 Å². The van der Waals surface area contributed by atoms with Gasteiger partial charge in [-0.05, 0) is 30.5 Å². The molecule has 0 unspecified atom stereocenters. The zero-order chi connectivity index (χ0) is 14.1. The van der Waals surface area contributed by atoms with Gasteiger partial charge in [0.2, 0.25) is 0 Å². The van der Waals surface area contributed by atoms with E-state index in [1.54, 1.807) is 0 Å². The van der Waals surface area contributed by atoms with Crippen molar-refractivity contribution in [2.45, 2.75) is 19.3 Å². The monoisotopic (exact) mass is 277 g/mol. The van der Waals surface area contributed by atoms with Crippen LogP contribution in [0.2, 0.25) is 0 Å². The fourth-order valence-corrected chi connectivity index (χ4v) is 3.33. The zero-order valence-electron chi connectivity index (χ0n) is 12.0. The normalized spacial score (nSPS) is 18.5. The lowest BCUT2D eigenvalue weighted by atomic mass is 9.91. The molecule has 0 amide bonds. The predicted molar refractivity (Wildman–Crippen MR) is 88.2 cm³/mol. The van der Waals surface area contributed by atoms with Crippen LogP contribution in [0, 0.1) is 0 Å². The highest BCUT2D eigenvalue weighted by molar-refractivity contribution is 6.08. The average Bonchev–Trinajstić information content (AvgIpc) is 2.56. The van der Waals surface area contributed by atoms with Gasteiger partial charge < -0.3 is 4.90 Å². The maximum atomic E-state index is 4.67. The number of hydrogen-bond acceptors (Lipinski definition) is 3. The minimum Gasteiger partial charge on any atom is -0.370 e. The zero-order valence-corrected chi connectivity index (χ0v) is 12.0. The number of hydrogen-bond donors (Lipinski definition) is 1. The van der Waals surface area contributed by atoms with E-state index in [2.05, 4.69) is 33.6 Å². The number of nitrogens with zero attached hydrogens (tertiary/aromatic N) is 2. The van der Waals surface area contributed by atoms with Crippen molar-refractivity contribution >= 4 is 17.1 Å². The summed E-state index contributed by atoms with van der Waals surface area (Å²) in [4.78, 5) is 2.52. The number of rotatable bonds is 2. The van der Waals surface area contributed by atoms with Crippen LogP contribution in [-0.4, -0.2) is 18.8 Å². The first kappa shape index (κ1) is 12.5. The molecule has 0 saturated heterocycles. The summed E-state index contributed by atoms with van der Waals surface area (Å²) in [6.45, 7) is 2.27. The van der Waals surface area contributed by atoms with Crippen LogP contribution in [-0.2, 0) is 6.42 Å². The Morgan fingerprint density at radius 2 is 1.81 bits per heavy atom. The maximum Gasteiger partial charge on any atom is 0.0717 e. The van der Waals surface area contributed by atoms with Crippen LogP contribution in [0.25, 0.3) is 0 Å². The molecule has 0 saturated carbocycles. The molecule has 0 bridgehead atoms. The number of aryl methyl sites for hydroxylation is 1. The van der Waals surface area contributed by atoms with Gasteiger partial charge in [0.1, 0.15) is 0 Å². The van der Waals surface area contributed by atoms with Crippen molar-refractivity contribution in [3.05, 3.63) is 59.7 Å². The lowest BCUT2D eigenvalue weighted by Crippen LogP contribution is -2.37. The van der Waals surface area contributed by atoms with Crippen LogP contribution in [0.5, 0.6) is 0 Å². The molecule has 2 aliphatic rings. The minimum absolute atomic E-state index is 1.01. The van der Waals surface area contributed by atoms with Gasteiger partial charge in [-0.15, -0.1) is 0 Å². The van der Waals surface area contributed by atoms with E-state index in [4.69, 9.17) is 0 Å². The molecule has 0 spiro atoms. The first-order valence-corrected chi connectivity index (χ1v) is 7.67. The quantitative estimate of drug-likeness (QED) is 0.848. The molecule has 2 heterocycles. The Bertz CT molecular complexity index is 676. The highest BCUT2D eigenvalue weighted by Crippen LogP contribution is 2.35. The van der Waals surface area contributed by atoms with E-state index in [9.17, 15) is 0 Å². The topological polar surface area (TPSA) is 27.6 Å². The van der Waals surface area contributed by atoms with Crippen LogP contribution in [0.4, 0.5) is 11.4 Å². The van der Waals surface area contributed by atoms with Gasteiger partial charge in [-0.2, -0.15) is 5.10 Å². The molecule has 1 N–H and O–H groups in total. The Hall–Kier alpha value is -2.29. The SMILES string of the molecule is c1ccc(N/N=C2/CCN3CCCc4cccc2c43)cc1. The third-order valence-corrected chi connectivity index (χ3v) is 4.33. The Morgan fingerprint density at radius 3 is 2.71 bits per heavy atom. The molecule has 2 aliphatic heterocycles. The molecule has 3 heteroatoms. The van der Waals surface area contributed by atoms with Crippen molar-refractivity contribution in [3.63, 3.8) is 0 Å². The van der Waals surface area contributed by atoms with E-state index in [-0.39, 0.29) is 0 Å². The Balaban J connectivity index is 1.69. The summed E-state index contributed by atoms with van der Waals surface area (Å²) < 4.78 is 0. The second-order valence-electron chi connectivity index (χ2n) is 5.69. The van der Waals surface area contributed by atoms with Gasteiger partial charge >= 0.3 is 0 Å². The third kappa shape index (κ3) is 2.29. The molecule has 106 valence electrons. The number of nitrogens with one attached hydrogen (secondary N) is 1. The lowest BCUT2D eigenvalue weighted by Gasteiger charge is -2.37. The molecular weight excluding hydrogens is 258 g/mol. The van der Waals surface area contributed by atoms with E-state index < -0.39 is 0 Å². The highest BCUT2D eigenvalue weighted by Gasteiger charge is 2.26. The highest BCUT2D eigenvalue weighted by atomic mass is 15.3. The number of hydrazone groups is 1. The van der Waals surface area contributed by atoms with E-state index >= 15 is 0 Å². The van der Waals surface area contributed by atoms with Crippen LogP contribution in [0.1, 0.15) is 24.0 Å². The van der Waals surface area contributed by atoms with Crippen LogP contribution in [0.15, 0.2) is 53.6 Å². The molecule has 2 aromatic carbocycles. The number of benzene rings is 2. The van der Waals surface area contributed by atoms with Crippen LogP contribution < -0.4 is 10.3 Å². The van der Waals surface area contributed by atoms with E-state index in [1.165, 1.54) is 41.9 Å². The van der Waals surface area contributed by atoms with Crippen LogP contribution >= 0.6 is 0 Å². The smallest absolute Gasteiger partial charge is 0.0717 e. The second kappa shape index (κ2) is 5.24. The molecule has 0 radical (unpaired) electrons. The fourth-order valence-electron chi connectivity index (χ4n) is 3.33. The van der Waals surface area contributed by atoms with Gasteiger partial charge in [0, 0.05) is 30.8 Å². The predicted octanol–water partition coefficient (Wildman–Crippen LogP) is 3.66. The molecule has 21 heavy (non-hydrogen) atoms. The van der Waals surface area contributed by atoms with E-state index in [1.807, 2.05) is 30.3 Å². The Labute approximate surface area is 125 Å². The standard InChI is InChI=1S/C18H19N3/c1-2-8-15(9-3-1)19-20-17-11-13-21-12-5-7-14-6-4-10-16(17)18(14)21/h1-4,6,8-10,19H,5,7,11-13H2/b20-17-. The van der Waals surface area contributed by atoms with Gasteiger partial charge in [-0.1, -0.05) is 36.4 Å². The van der Waals surface area contributed by atoms with Gasteiger partial charge in [-0.3, -0.25) is 5.43 Å². The summed E-state index contributed by atoms with van der Waals surface area (Å²) in [5.74, 6) is 0. The first-order valence-electron chi connectivity index (χ1n) is 7.67. The summed E-state index contributed by atoms with van der Waals surface area (Å²) in [5, 5.41) is 4.67. The third-order valence-electron chi connectivity index (χ3n) is 4.33. The van der Waals surface area contributed by atoms with Gasteiger partial charge in [0.05, 0.1) is 11.4 Å². The van der Waals surface area contributed by atoms with E-state index in [0.29, 0.717) is 0 Å². The van der Waals surface area contributed by atoms with E-state index in [0.717, 1.165) is 18.7 Å². The van der Waals surface area contributed by atoms with Crippen molar-refractivity contribution < 1.29 is 0 Å². The Morgan fingerprint density at radius 1 is 0.905 bits per heavy atom. The summed E-state index contributed by atoms with van der Waals surface area (Å²) in [7, 11) is 0. The van der Waals surface area contributed by atoms with Crippen molar-refractivity contribution in [1.82, 2.24) is 0 Å². The first-order chi connectivity index (χ1) is 10.4. The van der Waals surface area contributed by atoms with Gasteiger partial charge in [0.15, 0.2) is 0 Å². The second-order valence-corrected chi connectivity index (χ2v) is 5.69. The van der Waals surface area contributed by atoms with Gasteiger partial charge in [-0.25, -0.2) is 0 Å². The molecule has 2 aromatic rings. The summed E-state index contributed by atoms with van der Waals surface area (Å²) >= 11 is 0. The summed E-state index contributed by atoms with van der Waals surface area (Å²) in [6, 6.07) is 16.8. The largest absolute Gasteiger partial charge is 0.370 e. The number of anilines is 2.